The Morgan fingerprint density at radius 1 is 0.812 bits per heavy atom. The van der Waals surface area contributed by atoms with Crippen LogP contribution in [0.1, 0.15) is 32.1 Å². The van der Waals surface area contributed by atoms with Gasteiger partial charge in [-0.2, -0.15) is 12.6 Å². The summed E-state index contributed by atoms with van der Waals surface area (Å²) in [6, 6.07) is -5.58. The van der Waals surface area contributed by atoms with Gasteiger partial charge < -0.3 is 43.4 Å². The highest BCUT2D eigenvalue weighted by Crippen LogP contribution is 2.05. The van der Waals surface area contributed by atoms with Gasteiger partial charge in [-0.25, -0.2) is 4.79 Å². The average Bonchev–Trinajstić information content (AvgIpc) is 2.69. The highest BCUT2D eigenvalue weighted by atomic mass is 32.1. The van der Waals surface area contributed by atoms with Crippen molar-refractivity contribution in [2.45, 2.75) is 56.3 Å². The fourth-order valence-corrected chi connectivity index (χ4v) is 2.71. The van der Waals surface area contributed by atoms with Gasteiger partial charge in [-0.1, -0.05) is 0 Å². The number of rotatable bonds is 16. The summed E-state index contributed by atoms with van der Waals surface area (Å²) in [5, 5.41) is 24.7. The van der Waals surface area contributed by atoms with Crippen LogP contribution in [0.3, 0.4) is 0 Å². The van der Waals surface area contributed by atoms with E-state index in [0.29, 0.717) is 19.4 Å². The van der Waals surface area contributed by atoms with Crippen LogP contribution in [0.15, 0.2) is 0 Å². The van der Waals surface area contributed by atoms with E-state index in [0.717, 1.165) is 0 Å². The van der Waals surface area contributed by atoms with Crippen molar-refractivity contribution >= 4 is 48.2 Å². The zero-order valence-corrected chi connectivity index (χ0v) is 18.2. The van der Waals surface area contributed by atoms with Crippen LogP contribution in [0.5, 0.6) is 0 Å². The molecule has 4 atom stereocenters. The van der Waals surface area contributed by atoms with Gasteiger partial charge in [0.15, 0.2) is 0 Å². The van der Waals surface area contributed by atoms with Gasteiger partial charge in [0, 0.05) is 5.75 Å². The molecule has 0 saturated heterocycles. The molecule has 0 aliphatic rings. The Hall–Kier alpha value is -2.91. The number of unbranched alkanes of at least 4 members (excludes halogenated alkanes) is 1. The van der Waals surface area contributed by atoms with E-state index < -0.39 is 72.6 Å². The highest BCUT2D eigenvalue weighted by Gasteiger charge is 2.31. The number of carbonyl (C=O) groups excluding carboxylic acids is 4. The number of nitrogens with two attached hydrogens (primary N) is 3. The third kappa shape index (κ3) is 11.5. The maximum Gasteiger partial charge on any atom is 0.327 e. The van der Waals surface area contributed by atoms with Crippen LogP contribution in [-0.4, -0.2) is 82.2 Å². The Morgan fingerprint density at radius 3 is 1.81 bits per heavy atom. The largest absolute Gasteiger partial charge is 0.481 e. The van der Waals surface area contributed by atoms with E-state index in [2.05, 4.69) is 28.6 Å². The fourth-order valence-electron chi connectivity index (χ4n) is 2.46. The number of amides is 4. The van der Waals surface area contributed by atoms with E-state index in [1.54, 1.807) is 0 Å². The van der Waals surface area contributed by atoms with Gasteiger partial charge in [-0.3, -0.25) is 24.0 Å². The van der Waals surface area contributed by atoms with E-state index in [4.69, 9.17) is 27.4 Å². The van der Waals surface area contributed by atoms with E-state index >= 15 is 0 Å². The quantitative estimate of drug-likeness (QED) is 0.0773. The summed E-state index contributed by atoms with van der Waals surface area (Å²) in [4.78, 5) is 70.4. The van der Waals surface area contributed by atoms with Crippen LogP contribution in [0.25, 0.3) is 0 Å². The van der Waals surface area contributed by atoms with E-state index in [1.807, 2.05) is 0 Å². The molecule has 0 heterocycles. The fraction of sp³-hybridized carbons (Fsp3) is 0.647. The molecule has 4 unspecified atom stereocenters. The van der Waals surface area contributed by atoms with Gasteiger partial charge in [0.2, 0.25) is 23.6 Å². The lowest BCUT2D eigenvalue weighted by Crippen LogP contribution is -2.57. The molecule has 4 amide bonds. The number of carboxylic acids is 2. The van der Waals surface area contributed by atoms with Gasteiger partial charge in [-0.05, 0) is 25.8 Å². The van der Waals surface area contributed by atoms with Gasteiger partial charge >= 0.3 is 11.9 Å². The molecule has 0 aliphatic heterocycles. The topological polar surface area (TPSA) is 257 Å². The standard InChI is InChI=1S/C17H30N6O8S/c18-4-2-1-3-9(21-14(27)8(19)5-12(20)24)15(28)22-10(6-13(25)26)16(29)23-11(7-32)17(30)31/h8-11,32H,1-7,18-19H2,(H2,20,24)(H,21,27)(H,22,28)(H,23,29)(H,25,26)(H,30,31). The summed E-state index contributed by atoms with van der Waals surface area (Å²) in [5.74, 6) is -6.74. The molecule has 0 aromatic rings. The smallest absolute Gasteiger partial charge is 0.327 e. The van der Waals surface area contributed by atoms with E-state index in [-0.39, 0.29) is 12.2 Å². The number of primary amides is 1. The van der Waals surface area contributed by atoms with Crippen LogP contribution < -0.4 is 33.2 Å². The van der Waals surface area contributed by atoms with Crippen molar-refractivity contribution in [3.05, 3.63) is 0 Å². The molecule has 0 rings (SSSR count). The molecule has 15 heteroatoms. The van der Waals surface area contributed by atoms with Crippen molar-refractivity contribution in [2.75, 3.05) is 12.3 Å². The van der Waals surface area contributed by atoms with Gasteiger partial charge in [0.25, 0.3) is 0 Å². The molecule has 0 aliphatic carbocycles. The second kappa shape index (κ2) is 15.0. The van der Waals surface area contributed by atoms with Crippen molar-refractivity contribution in [1.29, 1.82) is 0 Å². The first kappa shape index (κ1) is 29.1. The van der Waals surface area contributed by atoms with Crippen molar-refractivity contribution in [2.24, 2.45) is 17.2 Å². The SMILES string of the molecule is NCCCCC(NC(=O)C(N)CC(N)=O)C(=O)NC(CC(=O)O)C(=O)NC(CS)C(=O)O. The molecule has 0 aromatic heterocycles. The van der Waals surface area contributed by atoms with Crippen LogP contribution in [0.2, 0.25) is 0 Å². The highest BCUT2D eigenvalue weighted by molar-refractivity contribution is 7.80. The lowest BCUT2D eigenvalue weighted by atomic mass is 10.1. The Kier molecular flexibility index (Phi) is 13.6. The molecule has 0 saturated carbocycles. The first-order valence-corrected chi connectivity index (χ1v) is 10.3. The molecule has 182 valence electrons. The molecule has 32 heavy (non-hydrogen) atoms. The summed E-state index contributed by atoms with van der Waals surface area (Å²) in [7, 11) is 0. The summed E-state index contributed by atoms with van der Waals surface area (Å²) in [5.41, 5.74) is 16.0. The number of hydrogen-bond donors (Lipinski definition) is 9. The normalized spacial score (nSPS) is 14.3. The second-order valence-corrected chi connectivity index (χ2v) is 7.23. The summed E-state index contributed by atoms with van der Waals surface area (Å²) in [6.45, 7) is 0.313. The molecular weight excluding hydrogens is 448 g/mol. The minimum Gasteiger partial charge on any atom is -0.481 e. The van der Waals surface area contributed by atoms with Crippen molar-refractivity contribution < 1.29 is 39.0 Å². The molecule has 14 nitrogen and oxygen atoms in total. The maximum absolute atomic E-state index is 12.7. The zero-order valence-electron chi connectivity index (χ0n) is 17.3. The van der Waals surface area contributed by atoms with Gasteiger partial charge in [0.05, 0.1) is 18.9 Å². The Balaban J connectivity index is 5.44. The number of hydrogen-bond acceptors (Lipinski definition) is 9. The second-order valence-electron chi connectivity index (χ2n) is 6.86. The third-order valence-electron chi connectivity index (χ3n) is 4.15. The van der Waals surface area contributed by atoms with Crippen LogP contribution in [0.4, 0.5) is 0 Å². The first-order chi connectivity index (χ1) is 14.9. The van der Waals surface area contributed by atoms with E-state index in [9.17, 15) is 28.8 Å². The predicted molar refractivity (Wildman–Crippen MR) is 114 cm³/mol. The van der Waals surface area contributed by atoms with Crippen LogP contribution >= 0.6 is 12.6 Å². The monoisotopic (exact) mass is 478 g/mol. The Morgan fingerprint density at radius 2 is 1.34 bits per heavy atom. The van der Waals surface area contributed by atoms with Crippen LogP contribution in [0, 0.1) is 0 Å². The number of carbonyl (C=O) groups is 6. The molecule has 0 spiro atoms. The molecule has 0 bridgehead atoms. The minimum absolute atomic E-state index is 0.0772. The summed E-state index contributed by atoms with van der Waals surface area (Å²) in [6.07, 6.45) is -0.326. The lowest BCUT2D eigenvalue weighted by molar-refractivity contribution is -0.143. The minimum atomic E-state index is -1.63. The lowest BCUT2D eigenvalue weighted by Gasteiger charge is -2.24. The predicted octanol–water partition coefficient (Wildman–Crippen LogP) is -3.74. The molecule has 11 N–H and O–H groups in total. The Labute approximate surface area is 189 Å². The summed E-state index contributed by atoms with van der Waals surface area (Å²) >= 11 is 3.80. The summed E-state index contributed by atoms with van der Waals surface area (Å²) < 4.78 is 0. The molecule has 0 radical (unpaired) electrons. The molecular formula is C17H30N6O8S. The van der Waals surface area contributed by atoms with Gasteiger partial charge in [0.1, 0.15) is 18.1 Å². The average molecular weight is 479 g/mol. The number of thiol groups is 1. The third-order valence-corrected chi connectivity index (χ3v) is 4.51. The maximum atomic E-state index is 12.7. The Bertz CT molecular complexity index is 707. The molecule has 0 aromatic carbocycles. The van der Waals surface area contributed by atoms with Crippen LogP contribution in [-0.2, 0) is 28.8 Å². The van der Waals surface area contributed by atoms with Crippen molar-refractivity contribution in [1.82, 2.24) is 16.0 Å². The van der Waals surface area contributed by atoms with E-state index in [1.165, 1.54) is 0 Å². The van der Waals surface area contributed by atoms with Crippen molar-refractivity contribution in [3.8, 4) is 0 Å². The first-order valence-electron chi connectivity index (χ1n) is 9.63. The number of nitrogens with one attached hydrogen (secondary N) is 3. The van der Waals surface area contributed by atoms with Gasteiger partial charge in [-0.15, -0.1) is 0 Å². The molecule has 0 fully saturated rings. The zero-order chi connectivity index (χ0) is 24.8. The number of aliphatic carboxylic acids is 2. The number of carboxylic acid groups (broad SMARTS) is 2. The van der Waals surface area contributed by atoms with Crippen molar-refractivity contribution in [3.63, 3.8) is 0 Å².